The number of hydrogen-bond acceptors (Lipinski definition) is 2. The van der Waals surface area contributed by atoms with Crippen molar-refractivity contribution in [2.75, 3.05) is 19.6 Å². The van der Waals surface area contributed by atoms with Crippen molar-refractivity contribution in [2.45, 2.75) is 25.2 Å². The smallest absolute Gasteiger partial charge is 0.311 e. The molecule has 0 aromatic heterocycles. The lowest BCUT2D eigenvalue weighted by molar-refractivity contribution is -0.138. The molecule has 2 aromatic carbocycles. The lowest BCUT2D eigenvalue weighted by atomic mass is 9.98. The van der Waals surface area contributed by atoms with Gasteiger partial charge >= 0.3 is 6.18 Å². The Kier molecular flexibility index (Phi) is 5.21. The summed E-state index contributed by atoms with van der Waals surface area (Å²) in [6.07, 6.45) is -3.91. The van der Waals surface area contributed by atoms with Gasteiger partial charge in [0.15, 0.2) is 0 Å². The molecule has 1 heterocycles. The van der Waals surface area contributed by atoms with E-state index in [4.69, 9.17) is 0 Å². The molecule has 1 saturated heterocycles. The molecule has 0 spiro atoms. The van der Waals surface area contributed by atoms with Crippen LogP contribution >= 0.6 is 0 Å². The fraction of sp³-hybridized carbons (Fsp3) is 0.368. The van der Waals surface area contributed by atoms with Crippen LogP contribution in [0.15, 0.2) is 54.6 Å². The number of halogens is 3. The van der Waals surface area contributed by atoms with Crippen LogP contribution in [0.3, 0.4) is 0 Å². The molecule has 2 nitrogen and oxygen atoms in total. The number of piperazine rings is 1. The fourth-order valence-electron chi connectivity index (χ4n) is 3.26. The van der Waals surface area contributed by atoms with Gasteiger partial charge in [0.1, 0.15) is 0 Å². The highest BCUT2D eigenvalue weighted by molar-refractivity contribution is 5.30. The molecule has 0 unspecified atom stereocenters. The fourth-order valence-corrected chi connectivity index (χ4v) is 3.26. The van der Waals surface area contributed by atoms with Crippen molar-refractivity contribution in [3.05, 3.63) is 71.3 Å². The van der Waals surface area contributed by atoms with E-state index in [2.05, 4.69) is 22.3 Å². The molecule has 0 aliphatic carbocycles. The number of nitrogens with zero attached hydrogens (tertiary/aromatic N) is 1. The molecular weight excluding hydrogens is 313 g/mol. The highest BCUT2D eigenvalue weighted by Gasteiger charge is 2.33. The minimum absolute atomic E-state index is 0.0333. The molecule has 1 atom stereocenters. The average Bonchev–Trinajstić information content (AvgIpc) is 2.56. The summed E-state index contributed by atoms with van der Waals surface area (Å²) >= 11 is 0. The van der Waals surface area contributed by atoms with Crippen LogP contribution in [0.2, 0.25) is 0 Å². The van der Waals surface area contributed by atoms with Crippen LogP contribution in [-0.2, 0) is 19.1 Å². The molecule has 24 heavy (non-hydrogen) atoms. The number of hydrogen-bond donors (Lipinski definition) is 1. The largest absolute Gasteiger partial charge is 0.416 e. The second kappa shape index (κ2) is 7.36. The van der Waals surface area contributed by atoms with Gasteiger partial charge in [0.25, 0.3) is 0 Å². The first-order chi connectivity index (χ1) is 11.5. The zero-order valence-electron chi connectivity index (χ0n) is 13.4. The summed E-state index contributed by atoms with van der Waals surface area (Å²) in [6, 6.07) is 16.1. The van der Waals surface area contributed by atoms with Crippen molar-refractivity contribution >= 4 is 0 Å². The molecule has 5 heteroatoms. The van der Waals surface area contributed by atoms with Gasteiger partial charge in [-0.25, -0.2) is 0 Å². The monoisotopic (exact) mass is 334 g/mol. The summed E-state index contributed by atoms with van der Waals surface area (Å²) in [5, 5.41) is 3.35. The summed E-state index contributed by atoms with van der Waals surface area (Å²) < 4.78 is 39.4. The minimum Gasteiger partial charge on any atom is -0.311 e. The summed E-state index contributed by atoms with van der Waals surface area (Å²) in [4.78, 5) is 2.30. The quantitative estimate of drug-likeness (QED) is 0.917. The maximum atomic E-state index is 13.1. The molecule has 0 bridgehead atoms. The number of nitrogens with one attached hydrogen (secondary N) is 1. The molecule has 0 amide bonds. The van der Waals surface area contributed by atoms with E-state index < -0.39 is 11.7 Å². The van der Waals surface area contributed by atoms with Gasteiger partial charge in [-0.05, 0) is 23.6 Å². The van der Waals surface area contributed by atoms with Crippen molar-refractivity contribution in [1.82, 2.24) is 10.2 Å². The molecule has 1 aliphatic rings. The second-order valence-corrected chi connectivity index (χ2v) is 6.23. The zero-order chi connectivity index (χ0) is 17.0. The van der Waals surface area contributed by atoms with Gasteiger partial charge in [-0.3, -0.25) is 4.90 Å². The Labute approximate surface area is 140 Å². The van der Waals surface area contributed by atoms with Crippen LogP contribution < -0.4 is 5.32 Å². The SMILES string of the molecule is FC(F)(F)c1ccccc1C[C@@H]1CN(Cc2ccccc2)CCN1. The Morgan fingerprint density at radius 2 is 1.71 bits per heavy atom. The molecule has 2 aromatic rings. The maximum absolute atomic E-state index is 13.1. The van der Waals surface area contributed by atoms with E-state index in [1.807, 2.05) is 18.2 Å². The minimum atomic E-state index is -4.30. The number of rotatable bonds is 4. The normalized spacial score (nSPS) is 19.4. The van der Waals surface area contributed by atoms with Crippen LogP contribution in [0.1, 0.15) is 16.7 Å². The second-order valence-electron chi connectivity index (χ2n) is 6.23. The molecule has 3 rings (SSSR count). The van der Waals surface area contributed by atoms with Gasteiger partial charge in [0, 0.05) is 32.2 Å². The Hall–Kier alpha value is -1.85. The molecule has 1 fully saturated rings. The van der Waals surface area contributed by atoms with E-state index in [0.717, 1.165) is 26.2 Å². The summed E-state index contributed by atoms with van der Waals surface area (Å²) in [5.41, 5.74) is 1.07. The Morgan fingerprint density at radius 1 is 1.00 bits per heavy atom. The lowest BCUT2D eigenvalue weighted by Crippen LogP contribution is -2.51. The predicted molar refractivity (Wildman–Crippen MR) is 88.7 cm³/mol. The molecule has 1 N–H and O–H groups in total. The van der Waals surface area contributed by atoms with Crippen LogP contribution in [0.4, 0.5) is 13.2 Å². The van der Waals surface area contributed by atoms with E-state index in [0.29, 0.717) is 12.0 Å². The van der Waals surface area contributed by atoms with E-state index in [1.54, 1.807) is 12.1 Å². The van der Waals surface area contributed by atoms with Gasteiger partial charge in [-0.2, -0.15) is 13.2 Å². The van der Waals surface area contributed by atoms with E-state index >= 15 is 0 Å². The topological polar surface area (TPSA) is 15.3 Å². The van der Waals surface area contributed by atoms with Gasteiger partial charge in [-0.1, -0.05) is 48.5 Å². The first-order valence-electron chi connectivity index (χ1n) is 8.17. The van der Waals surface area contributed by atoms with Gasteiger partial charge in [-0.15, -0.1) is 0 Å². The molecule has 1 aliphatic heterocycles. The van der Waals surface area contributed by atoms with Crippen molar-refractivity contribution < 1.29 is 13.2 Å². The molecular formula is C19H21F3N2. The predicted octanol–water partition coefficient (Wildman–Crippen LogP) is 3.72. The summed E-state index contributed by atoms with van der Waals surface area (Å²) in [5.74, 6) is 0. The van der Waals surface area contributed by atoms with Crippen LogP contribution in [0.5, 0.6) is 0 Å². The first kappa shape index (κ1) is 17.0. The lowest BCUT2D eigenvalue weighted by Gasteiger charge is -2.34. The van der Waals surface area contributed by atoms with Crippen LogP contribution in [0.25, 0.3) is 0 Å². The Balaban J connectivity index is 1.66. The highest BCUT2D eigenvalue weighted by atomic mass is 19.4. The average molecular weight is 334 g/mol. The third-order valence-electron chi connectivity index (χ3n) is 4.38. The van der Waals surface area contributed by atoms with Crippen LogP contribution in [0, 0.1) is 0 Å². The van der Waals surface area contributed by atoms with E-state index in [-0.39, 0.29) is 6.04 Å². The van der Waals surface area contributed by atoms with Crippen molar-refractivity contribution in [1.29, 1.82) is 0 Å². The van der Waals surface area contributed by atoms with Gasteiger partial charge < -0.3 is 5.32 Å². The Bertz CT molecular complexity index is 655. The standard InChI is InChI=1S/C19H21F3N2/c20-19(21,22)18-9-5-4-8-16(18)12-17-14-24(11-10-23-17)13-15-6-2-1-3-7-15/h1-9,17,23H,10-14H2/t17-/m1/s1. The highest BCUT2D eigenvalue weighted by Crippen LogP contribution is 2.32. The summed E-state index contributed by atoms with van der Waals surface area (Å²) in [6.45, 7) is 3.29. The molecule has 128 valence electrons. The van der Waals surface area contributed by atoms with Gasteiger partial charge in [0.05, 0.1) is 5.56 Å². The van der Waals surface area contributed by atoms with E-state index in [1.165, 1.54) is 17.7 Å². The summed E-state index contributed by atoms with van der Waals surface area (Å²) in [7, 11) is 0. The third kappa shape index (κ3) is 4.36. The number of alkyl halides is 3. The van der Waals surface area contributed by atoms with E-state index in [9.17, 15) is 13.2 Å². The molecule has 0 saturated carbocycles. The first-order valence-corrected chi connectivity index (χ1v) is 8.17. The molecule has 0 radical (unpaired) electrons. The van der Waals surface area contributed by atoms with Crippen molar-refractivity contribution in [3.8, 4) is 0 Å². The van der Waals surface area contributed by atoms with Gasteiger partial charge in [0.2, 0.25) is 0 Å². The maximum Gasteiger partial charge on any atom is 0.416 e. The number of benzene rings is 2. The zero-order valence-corrected chi connectivity index (χ0v) is 13.4. The van der Waals surface area contributed by atoms with Crippen molar-refractivity contribution in [3.63, 3.8) is 0 Å². The third-order valence-corrected chi connectivity index (χ3v) is 4.38. The van der Waals surface area contributed by atoms with Crippen molar-refractivity contribution in [2.24, 2.45) is 0 Å². The van der Waals surface area contributed by atoms with Crippen LogP contribution in [-0.4, -0.2) is 30.6 Å². The Morgan fingerprint density at radius 3 is 2.46 bits per heavy atom.